The molecular weight excluding hydrogens is 268 g/mol. The van der Waals surface area contributed by atoms with Crippen molar-refractivity contribution in [3.05, 3.63) is 12.0 Å². The molecule has 0 spiro atoms. The topological polar surface area (TPSA) is 52.0 Å². The van der Waals surface area contributed by atoms with Crippen molar-refractivity contribution in [1.82, 2.24) is 9.55 Å². The Bertz CT molecular complexity index is 442. The van der Waals surface area contributed by atoms with E-state index in [4.69, 9.17) is 10.7 Å². The highest BCUT2D eigenvalue weighted by atomic mass is 35.7. The van der Waals surface area contributed by atoms with Crippen LogP contribution >= 0.6 is 22.4 Å². The number of rotatable bonds is 6. The molecule has 1 rings (SSSR count). The van der Waals surface area contributed by atoms with Crippen molar-refractivity contribution in [1.29, 1.82) is 0 Å². The molecular formula is C9H15ClN2O2S2. The van der Waals surface area contributed by atoms with Gasteiger partial charge in [0, 0.05) is 35.6 Å². The van der Waals surface area contributed by atoms with Gasteiger partial charge < -0.3 is 4.57 Å². The zero-order valence-corrected chi connectivity index (χ0v) is 11.7. The van der Waals surface area contributed by atoms with E-state index in [1.165, 1.54) is 6.20 Å². The summed E-state index contributed by atoms with van der Waals surface area (Å²) in [7, 11) is 1.54. The molecule has 1 aromatic rings. The molecule has 0 saturated heterocycles. The maximum atomic E-state index is 11.1. The third-order valence-corrected chi connectivity index (χ3v) is 4.13. The second-order valence-electron chi connectivity index (χ2n) is 3.18. The van der Waals surface area contributed by atoms with Gasteiger partial charge >= 0.3 is 0 Å². The molecule has 0 radical (unpaired) electrons. The lowest BCUT2D eigenvalue weighted by atomic mass is 10.4. The summed E-state index contributed by atoms with van der Waals surface area (Å²) in [5.41, 5.74) is 0. The van der Waals surface area contributed by atoms with Gasteiger partial charge in [-0.15, -0.1) is 0 Å². The van der Waals surface area contributed by atoms with Gasteiger partial charge in [-0.1, -0.05) is 13.8 Å². The van der Waals surface area contributed by atoms with Gasteiger partial charge in [0.25, 0.3) is 9.05 Å². The van der Waals surface area contributed by atoms with E-state index in [1.807, 2.05) is 23.3 Å². The zero-order chi connectivity index (χ0) is 12.2. The summed E-state index contributed by atoms with van der Waals surface area (Å²) in [5, 5.41) is -0.0486. The fourth-order valence-electron chi connectivity index (χ4n) is 1.33. The van der Waals surface area contributed by atoms with Crippen molar-refractivity contribution in [3.8, 4) is 0 Å². The monoisotopic (exact) mass is 282 g/mol. The van der Waals surface area contributed by atoms with Gasteiger partial charge in [-0.3, -0.25) is 0 Å². The molecule has 7 heteroatoms. The molecule has 0 unspecified atom stereocenters. The van der Waals surface area contributed by atoms with Gasteiger partial charge in [-0.2, -0.15) is 11.8 Å². The molecule has 16 heavy (non-hydrogen) atoms. The first kappa shape index (κ1) is 13.9. The Morgan fingerprint density at radius 3 is 2.69 bits per heavy atom. The lowest BCUT2D eigenvalue weighted by Crippen LogP contribution is -2.03. The van der Waals surface area contributed by atoms with E-state index in [2.05, 4.69) is 11.9 Å². The van der Waals surface area contributed by atoms with Gasteiger partial charge in [-0.05, 0) is 5.75 Å². The highest BCUT2D eigenvalue weighted by molar-refractivity contribution is 8.13. The Hall–Kier alpha value is -0.200. The summed E-state index contributed by atoms with van der Waals surface area (Å²) in [6.45, 7) is 4.80. The van der Waals surface area contributed by atoms with Gasteiger partial charge in [0.15, 0.2) is 5.03 Å². The van der Waals surface area contributed by atoms with Crippen LogP contribution < -0.4 is 0 Å². The molecule has 92 valence electrons. The van der Waals surface area contributed by atoms with E-state index in [-0.39, 0.29) is 5.03 Å². The van der Waals surface area contributed by atoms with Crippen LogP contribution in [0.5, 0.6) is 0 Å². The first-order valence-electron chi connectivity index (χ1n) is 5.07. The highest BCUT2D eigenvalue weighted by Gasteiger charge is 2.16. The predicted molar refractivity (Wildman–Crippen MR) is 67.6 cm³/mol. The van der Waals surface area contributed by atoms with Crippen molar-refractivity contribution in [3.63, 3.8) is 0 Å². The van der Waals surface area contributed by atoms with Crippen LogP contribution in [0.25, 0.3) is 0 Å². The van der Waals surface area contributed by atoms with Crippen molar-refractivity contribution in [2.24, 2.45) is 0 Å². The number of thioether (sulfide) groups is 1. The molecule has 0 bridgehead atoms. The average molecular weight is 283 g/mol. The molecule has 0 aromatic carbocycles. The third-order valence-electron chi connectivity index (χ3n) is 2.08. The minimum atomic E-state index is -3.71. The normalized spacial score (nSPS) is 11.9. The first-order chi connectivity index (χ1) is 7.49. The van der Waals surface area contributed by atoms with Crippen molar-refractivity contribution in [2.75, 3.05) is 11.5 Å². The van der Waals surface area contributed by atoms with Crippen molar-refractivity contribution >= 4 is 31.5 Å². The predicted octanol–water partition coefficient (Wildman–Crippen LogP) is 2.13. The quantitative estimate of drug-likeness (QED) is 0.592. The summed E-state index contributed by atoms with van der Waals surface area (Å²) in [4.78, 5) is 4.01. The molecule has 0 N–H and O–H groups in total. The maximum Gasteiger partial charge on any atom is 0.280 e. The summed E-state index contributed by atoms with van der Waals surface area (Å²) in [6.07, 6.45) is 2.21. The van der Waals surface area contributed by atoms with Crippen LogP contribution in [0.3, 0.4) is 0 Å². The molecule has 0 aliphatic rings. The summed E-state index contributed by atoms with van der Waals surface area (Å²) in [6, 6.07) is 0. The van der Waals surface area contributed by atoms with Crippen molar-refractivity contribution < 1.29 is 8.42 Å². The van der Waals surface area contributed by atoms with E-state index in [0.29, 0.717) is 6.42 Å². The van der Waals surface area contributed by atoms with Crippen molar-refractivity contribution in [2.45, 2.75) is 31.8 Å². The highest BCUT2D eigenvalue weighted by Crippen LogP contribution is 2.15. The van der Waals surface area contributed by atoms with Gasteiger partial charge in [-0.25, -0.2) is 13.4 Å². The Kier molecular flexibility index (Phi) is 5.14. The number of halogens is 1. The van der Waals surface area contributed by atoms with E-state index in [1.54, 1.807) is 0 Å². The van der Waals surface area contributed by atoms with E-state index in [9.17, 15) is 8.42 Å². The second kappa shape index (κ2) is 5.93. The molecule has 0 aliphatic heterocycles. The number of aryl methyl sites for hydroxylation is 2. The Morgan fingerprint density at radius 2 is 2.19 bits per heavy atom. The number of hydrogen-bond acceptors (Lipinski definition) is 4. The Labute approximate surface area is 105 Å². The molecule has 1 heterocycles. The summed E-state index contributed by atoms with van der Waals surface area (Å²) in [5.74, 6) is 2.76. The van der Waals surface area contributed by atoms with Crippen LogP contribution in [0.15, 0.2) is 11.2 Å². The minimum Gasteiger partial charge on any atom is -0.333 e. The van der Waals surface area contributed by atoms with E-state index in [0.717, 1.165) is 23.9 Å². The Morgan fingerprint density at radius 1 is 1.50 bits per heavy atom. The van der Waals surface area contributed by atoms with Crippen LogP contribution in [0, 0.1) is 0 Å². The molecule has 0 atom stereocenters. The SMILES string of the molecule is CCSCCn1cc(S(=O)(=O)Cl)nc1CC. The number of aromatic nitrogens is 2. The minimum absolute atomic E-state index is 0.0486. The van der Waals surface area contributed by atoms with Crippen LogP contribution in [-0.4, -0.2) is 29.5 Å². The third kappa shape index (κ3) is 3.68. The van der Waals surface area contributed by atoms with Crippen LogP contribution in [-0.2, 0) is 22.0 Å². The van der Waals surface area contributed by atoms with E-state index >= 15 is 0 Å². The number of nitrogens with zero attached hydrogens (tertiary/aromatic N) is 2. The fourth-order valence-corrected chi connectivity index (χ4v) is 2.63. The molecule has 4 nitrogen and oxygen atoms in total. The lowest BCUT2D eigenvalue weighted by Gasteiger charge is -2.04. The smallest absolute Gasteiger partial charge is 0.280 e. The van der Waals surface area contributed by atoms with Gasteiger partial charge in [0.1, 0.15) is 5.82 Å². The summed E-state index contributed by atoms with van der Waals surface area (Å²) >= 11 is 1.81. The number of hydrogen-bond donors (Lipinski definition) is 0. The van der Waals surface area contributed by atoms with Crippen LogP contribution in [0.4, 0.5) is 0 Å². The fraction of sp³-hybridized carbons (Fsp3) is 0.667. The van der Waals surface area contributed by atoms with E-state index < -0.39 is 9.05 Å². The molecule has 0 aliphatic carbocycles. The maximum absolute atomic E-state index is 11.1. The zero-order valence-electron chi connectivity index (χ0n) is 9.31. The van der Waals surface area contributed by atoms with Crippen LogP contribution in [0.2, 0.25) is 0 Å². The molecule has 1 aromatic heterocycles. The molecule has 0 fully saturated rings. The molecule has 0 amide bonds. The first-order valence-corrected chi connectivity index (χ1v) is 8.53. The Balaban J connectivity index is 2.87. The second-order valence-corrected chi connectivity index (χ2v) is 7.08. The standard InChI is InChI=1S/C9H15ClN2O2S2/c1-3-8-11-9(16(10,13)14)7-12(8)5-6-15-4-2/h7H,3-6H2,1-2H3. The van der Waals surface area contributed by atoms with Crippen LogP contribution in [0.1, 0.15) is 19.7 Å². The summed E-state index contributed by atoms with van der Waals surface area (Å²) < 4.78 is 24.1. The lowest BCUT2D eigenvalue weighted by molar-refractivity contribution is 0.606. The number of imidazole rings is 1. The van der Waals surface area contributed by atoms with Gasteiger partial charge in [0.2, 0.25) is 0 Å². The molecule has 0 saturated carbocycles. The van der Waals surface area contributed by atoms with Gasteiger partial charge in [0.05, 0.1) is 0 Å². The largest absolute Gasteiger partial charge is 0.333 e. The average Bonchev–Trinajstić information content (AvgIpc) is 2.61.